The van der Waals surface area contributed by atoms with Crippen LogP contribution in [0.2, 0.25) is 0 Å². The molecule has 1 fully saturated rings. The zero-order chi connectivity index (χ0) is 6.48. The first kappa shape index (κ1) is 5.27. The standard InChI is InChI=1S/C7H12N2/c1-5-6(2)7(5)3-8-4-9-7/h4-6H,3H2,1-2H3,(H,8,9). The molecule has 1 N–H and O–H groups in total. The first-order chi connectivity index (χ1) is 4.27. The maximum Gasteiger partial charge on any atom is 0.0830 e. The van der Waals surface area contributed by atoms with Crippen LogP contribution in [0.1, 0.15) is 13.8 Å². The Bertz CT molecular complexity index is 144. The molecule has 9 heavy (non-hydrogen) atoms. The van der Waals surface area contributed by atoms with Crippen molar-refractivity contribution in [3.8, 4) is 0 Å². The van der Waals surface area contributed by atoms with Gasteiger partial charge in [-0.25, -0.2) is 0 Å². The van der Waals surface area contributed by atoms with Gasteiger partial charge in [0.1, 0.15) is 0 Å². The van der Waals surface area contributed by atoms with E-state index in [4.69, 9.17) is 0 Å². The Kier molecular flexibility index (Phi) is 0.765. The van der Waals surface area contributed by atoms with Crippen molar-refractivity contribution in [2.45, 2.75) is 19.4 Å². The normalized spacial score (nSPS) is 54.0. The Morgan fingerprint density at radius 3 is 2.44 bits per heavy atom. The summed E-state index contributed by atoms with van der Waals surface area (Å²) in [6.45, 7) is 5.56. The van der Waals surface area contributed by atoms with E-state index >= 15 is 0 Å². The highest BCUT2D eigenvalue weighted by Gasteiger charge is 2.60. The summed E-state index contributed by atoms with van der Waals surface area (Å²) in [5.74, 6) is 1.64. The van der Waals surface area contributed by atoms with Crippen LogP contribution in [0.3, 0.4) is 0 Å². The van der Waals surface area contributed by atoms with E-state index in [1.807, 2.05) is 6.34 Å². The van der Waals surface area contributed by atoms with Gasteiger partial charge in [-0.05, 0) is 11.8 Å². The lowest BCUT2D eigenvalue weighted by Gasteiger charge is -2.05. The Balaban J connectivity index is 2.14. The van der Waals surface area contributed by atoms with Crippen LogP contribution in [-0.4, -0.2) is 18.4 Å². The second kappa shape index (κ2) is 1.31. The number of nitrogens with one attached hydrogen (secondary N) is 1. The molecule has 0 bridgehead atoms. The minimum absolute atomic E-state index is 0.389. The van der Waals surface area contributed by atoms with Crippen molar-refractivity contribution in [3.05, 3.63) is 0 Å². The van der Waals surface area contributed by atoms with E-state index < -0.39 is 0 Å². The lowest BCUT2D eigenvalue weighted by molar-refractivity contribution is 0.584. The summed E-state index contributed by atoms with van der Waals surface area (Å²) < 4.78 is 0. The lowest BCUT2D eigenvalue weighted by atomic mass is 10.2. The number of hydrogen-bond acceptors (Lipinski definition) is 2. The van der Waals surface area contributed by atoms with Crippen LogP contribution >= 0.6 is 0 Å². The van der Waals surface area contributed by atoms with Crippen molar-refractivity contribution in [2.75, 3.05) is 6.54 Å². The summed E-state index contributed by atoms with van der Waals surface area (Å²) in [6, 6.07) is 0. The number of aliphatic imine (C=N–C) groups is 1. The predicted octanol–water partition coefficient (Wildman–Crippen LogP) is 0.643. The zero-order valence-corrected chi connectivity index (χ0v) is 5.89. The maximum atomic E-state index is 4.16. The lowest BCUT2D eigenvalue weighted by Crippen LogP contribution is -2.30. The summed E-state index contributed by atoms with van der Waals surface area (Å²) in [4.78, 5) is 4.16. The fourth-order valence-electron chi connectivity index (χ4n) is 1.82. The van der Waals surface area contributed by atoms with Gasteiger partial charge in [0.05, 0.1) is 18.4 Å². The third-order valence-corrected chi connectivity index (χ3v) is 3.04. The van der Waals surface area contributed by atoms with Crippen LogP contribution in [0.4, 0.5) is 0 Å². The SMILES string of the molecule is CC1C(C)C12CN=CN2. The van der Waals surface area contributed by atoms with Crippen molar-refractivity contribution in [1.29, 1.82) is 0 Å². The molecule has 1 aliphatic carbocycles. The van der Waals surface area contributed by atoms with Crippen LogP contribution in [0.5, 0.6) is 0 Å². The largest absolute Gasteiger partial charge is 0.369 e. The second-order valence-corrected chi connectivity index (χ2v) is 3.23. The molecule has 0 aromatic carbocycles. The number of nitrogens with zero attached hydrogens (tertiary/aromatic N) is 1. The molecule has 2 atom stereocenters. The molecule has 1 saturated carbocycles. The van der Waals surface area contributed by atoms with Crippen LogP contribution in [0, 0.1) is 11.8 Å². The molecule has 1 heterocycles. The number of rotatable bonds is 0. The fraction of sp³-hybridized carbons (Fsp3) is 0.857. The monoisotopic (exact) mass is 124 g/mol. The fourth-order valence-corrected chi connectivity index (χ4v) is 1.82. The van der Waals surface area contributed by atoms with Crippen molar-refractivity contribution < 1.29 is 0 Å². The maximum absolute atomic E-state index is 4.16. The van der Waals surface area contributed by atoms with E-state index in [-0.39, 0.29) is 0 Å². The summed E-state index contributed by atoms with van der Waals surface area (Å²) in [7, 11) is 0. The van der Waals surface area contributed by atoms with Crippen molar-refractivity contribution in [1.82, 2.24) is 5.32 Å². The van der Waals surface area contributed by atoms with E-state index in [1.165, 1.54) is 0 Å². The minimum Gasteiger partial charge on any atom is -0.369 e. The van der Waals surface area contributed by atoms with Gasteiger partial charge in [-0.3, -0.25) is 4.99 Å². The highest BCUT2D eigenvalue weighted by molar-refractivity contribution is 5.61. The van der Waals surface area contributed by atoms with E-state index in [0.717, 1.165) is 18.4 Å². The molecule has 1 spiro atoms. The van der Waals surface area contributed by atoms with E-state index in [2.05, 4.69) is 24.2 Å². The second-order valence-electron chi connectivity index (χ2n) is 3.23. The van der Waals surface area contributed by atoms with Crippen LogP contribution in [0.25, 0.3) is 0 Å². The van der Waals surface area contributed by atoms with Gasteiger partial charge in [0, 0.05) is 0 Å². The highest BCUT2D eigenvalue weighted by atomic mass is 15.2. The van der Waals surface area contributed by atoms with E-state index in [0.29, 0.717) is 5.54 Å². The molecule has 2 nitrogen and oxygen atoms in total. The first-order valence-electron chi connectivity index (χ1n) is 3.53. The third-order valence-electron chi connectivity index (χ3n) is 3.04. The Hall–Kier alpha value is -0.530. The average Bonchev–Trinajstić information content (AvgIpc) is 2.44. The van der Waals surface area contributed by atoms with Gasteiger partial charge in [-0.1, -0.05) is 13.8 Å². The highest BCUT2D eigenvalue weighted by Crippen LogP contribution is 2.50. The smallest absolute Gasteiger partial charge is 0.0830 e. The molecule has 2 heteroatoms. The molecular weight excluding hydrogens is 112 g/mol. The quantitative estimate of drug-likeness (QED) is 0.503. The van der Waals surface area contributed by atoms with E-state index in [1.54, 1.807) is 0 Å². The molecule has 2 aliphatic rings. The summed E-state index contributed by atoms with van der Waals surface area (Å²) in [6.07, 6.45) is 1.85. The zero-order valence-electron chi connectivity index (χ0n) is 5.89. The Morgan fingerprint density at radius 2 is 2.22 bits per heavy atom. The van der Waals surface area contributed by atoms with Crippen LogP contribution in [0.15, 0.2) is 4.99 Å². The molecule has 2 rings (SSSR count). The van der Waals surface area contributed by atoms with Gasteiger partial charge in [0.25, 0.3) is 0 Å². The minimum atomic E-state index is 0.389. The molecule has 0 saturated heterocycles. The summed E-state index contributed by atoms with van der Waals surface area (Å²) in [5.41, 5.74) is 0.389. The van der Waals surface area contributed by atoms with Crippen molar-refractivity contribution in [3.63, 3.8) is 0 Å². The Labute approximate surface area is 55.4 Å². The van der Waals surface area contributed by atoms with Gasteiger partial charge in [-0.2, -0.15) is 0 Å². The van der Waals surface area contributed by atoms with Crippen LogP contribution in [-0.2, 0) is 0 Å². The average molecular weight is 124 g/mol. The first-order valence-corrected chi connectivity index (χ1v) is 3.53. The van der Waals surface area contributed by atoms with Crippen LogP contribution < -0.4 is 5.32 Å². The molecule has 1 aliphatic heterocycles. The van der Waals surface area contributed by atoms with Gasteiger partial charge in [-0.15, -0.1) is 0 Å². The molecule has 0 aromatic rings. The molecule has 0 amide bonds. The van der Waals surface area contributed by atoms with Gasteiger partial charge >= 0.3 is 0 Å². The molecule has 2 unspecified atom stereocenters. The molecule has 50 valence electrons. The summed E-state index contributed by atoms with van der Waals surface area (Å²) in [5, 5.41) is 3.31. The third kappa shape index (κ3) is 0.443. The Morgan fingerprint density at radius 1 is 1.56 bits per heavy atom. The number of hydrogen-bond donors (Lipinski definition) is 1. The molecular formula is C7H12N2. The molecule has 0 radical (unpaired) electrons. The van der Waals surface area contributed by atoms with Gasteiger partial charge < -0.3 is 5.32 Å². The molecule has 0 aromatic heterocycles. The van der Waals surface area contributed by atoms with Gasteiger partial charge in [0.15, 0.2) is 0 Å². The van der Waals surface area contributed by atoms with E-state index in [9.17, 15) is 0 Å². The predicted molar refractivity (Wildman–Crippen MR) is 37.6 cm³/mol. The summed E-state index contributed by atoms with van der Waals surface area (Å²) >= 11 is 0. The van der Waals surface area contributed by atoms with Crippen molar-refractivity contribution in [2.24, 2.45) is 16.8 Å². The topological polar surface area (TPSA) is 24.4 Å². The van der Waals surface area contributed by atoms with Gasteiger partial charge in [0.2, 0.25) is 0 Å². The van der Waals surface area contributed by atoms with Crippen molar-refractivity contribution >= 4 is 6.34 Å².